The second-order valence-corrected chi connectivity index (χ2v) is 11.1. The molecular formula is C49H30O. The lowest BCUT2D eigenvalue weighted by Crippen LogP contribution is -1.93. The first-order valence-corrected chi connectivity index (χ1v) is 14.9. The fraction of sp³-hybridized carbons (Fsp3) is 0.0204. The van der Waals surface area contributed by atoms with Crippen molar-refractivity contribution in [3.63, 3.8) is 0 Å². The molecule has 0 radical (unpaired) electrons. The summed E-state index contributed by atoms with van der Waals surface area (Å²) in [5, 5.41) is -5.02. The van der Waals surface area contributed by atoms with Crippen molar-refractivity contribution in [3.8, 4) is 44.5 Å². The second-order valence-electron chi connectivity index (χ2n) is 11.1. The summed E-state index contributed by atoms with van der Waals surface area (Å²) in [7, 11) is 0. The maximum Gasteiger partial charge on any atom is 0.136 e. The van der Waals surface area contributed by atoms with E-state index in [9.17, 15) is 17.8 Å². The van der Waals surface area contributed by atoms with Crippen LogP contribution in [0.25, 0.3) is 98.8 Å². The van der Waals surface area contributed by atoms with Gasteiger partial charge in [0.2, 0.25) is 0 Å². The van der Waals surface area contributed by atoms with Gasteiger partial charge in [-0.1, -0.05) is 145 Å². The van der Waals surface area contributed by atoms with Gasteiger partial charge in [0.05, 0.1) is 38.4 Å². The van der Waals surface area contributed by atoms with Crippen molar-refractivity contribution in [2.45, 2.75) is 6.37 Å². The first-order chi connectivity index (χ1) is 37.2. The van der Waals surface area contributed by atoms with Gasteiger partial charge in [0, 0.05) is 13.5 Å². The molecule has 1 heterocycles. The normalized spacial score (nSPS) is 21.8. The molecule has 1 heteroatoms. The lowest BCUT2D eigenvalue weighted by molar-refractivity contribution is 0.669. The number of hydrogen-bond donors (Lipinski definition) is 0. The first kappa shape index (κ1) is 11.3. The van der Waals surface area contributed by atoms with Crippen molar-refractivity contribution >= 4 is 54.3 Å². The van der Waals surface area contributed by atoms with Gasteiger partial charge in [-0.25, -0.2) is 0 Å². The summed E-state index contributed by atoms with van der Waals surface area (Å²) in [6, 6.07) is -26.5. The molecule has 9 aromatic carbocycles. The lowest BCUT2D eigenvalue weighted by Gasteiger charge is -2.20. The van der Waals surface area contributed by atoms with Crippen LogP contribution in [0.2, 0.25) is 0 Å². The van der Waals surface area contributed by atoms with Crippen LogP contribution in [0.15, 0.2) is 174 Å². The molecule has 50 heavy (non-hydrogen) atoms. The van der Waals surface area contributed by atoms with E-state index in [1.54, 1.807) is 0 Å². The summed E-state index contributed by atoms with van der Waals surface area (Å²) in [4.78, 5) is 0. The standard InChI is InChI=1S/C49H30O/c1-2-11-33-29-46-44(27-32(33)10-1)43-28-34(24-25-45(43)50-46)30-20-22-31(23-21-30)47-38-15-5-7-17-40(38)49(41-18-8-6-16-39(41)47)42-19-9-13-36-26-35-12-3-4-14-37(35)48(36)42/h1-25,27-29H,26H2/i1D,2D,3D,4D,5D,6D,7D,8D,9D,10D,11D,12D,13D,14D,15D,16D,17D,18D,19D,20D,21D,22D,23D,24D,25D,26D2,27D,28D,29D. The van der Waals surface area contributed by atoms with Crippen LogP contribution in [0.3, 0.4) is 0 Å². The molecule has 0 saturated heterocycles. The molecular weight excluding hydrogens is 605 g/mol. The molecule has 0 spiro atoms. The number of fused-ring (bicyclic) bond motifs is 9. The zero-order valence-electron chi connectivity index (χ0n) is 54.9. The Balaban J connectivity index is 1.34. The van der Waals surface area contributed by atoms with Crippen LogP contribution in [0.1, 0.15) is 52.2 Å². The molecule has 0 unspecified atom stereocenters. The number of furan rings is 1. The van der Waals surface area contributed by atoms with Crippen molar-refractivity contribution in [3.05, 3.63) is 180 Å². The quantitative estimate of drug-likeness (QED) is 0.171. The Labute approximate surface area is 331 Å². The average molecular weight is 665 g/mol. The third kappa shape index (κ3) is 4.01. The van der Waals surface area contributed by atoms with E-state index >= 15 is 0 Å². The largest absolute Gasteiger partial charge is 0.456 e. The molecule has 0 atom stereocenters. The van der Waals surface area contributed by atoms with E-state index in [1.165, 1.54) is 0 Å². The number of hydrogen-bond acceptors (Lipinski definition) is 1. The second kappa shape index (κ2) is 10.5. The molecule has 0 fully saturated rings. The molecule has 1 aliphatic carbocycles. The van der Waals surface area contributed by atoms with Crippen molar-refractivity contribution in [1.82, 2.24) is 0 Å². The van der Waals surface area contributed by atoms with Crippen molar-refractivity contribution in [1.29, 1.82) is 0 Å². The van der Waals surface area contributed by atoms with Crippen LogP contribution in [-0.2, 0) is 6.37 Å². The van der Waals surface area contributed by atoms with E-state index in [-0.39, 0.29) is 0 Å². The number of rotatable bonds is 3. The Bertz CT molecular complexity index is 4600. The summed E-state index contributed by atoms with van der Waals surface area (Å²) in [6.45, 7) is 0. The van der Waals surface area contributed by atoms with E-state index < -0.39 is 285 Å². The highest BCUT2D eigenvalue weighted by Crippen LogP contribution is 2.49. The van der Waals surface area contributed by atoms with Crippen LogP contribution in [0.5, 0.6) is 0 Å². The summed E-state index contributed by atoms with van der Waals surface area (Å²) < 4.78 is 278. The first-order valence-electron chi connectivity index (χ1n) is 29.9. The molecule has 0 bridgehead atoms. The topological polar surface area (TPSA) is 13.1 Å². The molecule has 0 aliphatic heterocycles. The molecule has 1 aromatic heterocycles. The average Bonchev–Trinajstić information content (AvgIpc) is 4.12. The van der Waals surface area contributed by atoms with Gasteiger partial charge in [-0.15, -0.1) is 0 Å². The molecule has 232 valence electrons. The van der Waals surface area contributed by atoms with Gasteiger partial charge >= 0.3 is 0 Å². The van der Waals surface area contributed by atoms with Gasteiger partial charge in [-0.3, -0.25) is 0 Å². The van der Waals surface area contributed by atoms with E-state index in [2.05, 4.69) is 0 Å². The Hall–Kier alpha value is -6.44. The van der Waals surface area contributed by atoms with Crippen molar-refractivity contribution < 1.29 is 45.5 Å². The summed E-state index contributed by atoms with van der Waals surface area (Å²) >= 11 is 0. The molecule has 1 nitrogen and oxygen atoms in total. The van der Waals surface area contributed by atoms with Gasteiger partial charge in [0.25, 0.3) is 0 Å². The minimum atomic E-state index is -3.05. The SMILES string of the molecule is [2H]c1c([2H])c([2H])c2c(c1[2H])-c1c(-c3c4c([2H])c([2H])c([2H])c([2H])c4c(-c4c([2H])c([2H])c(-c5c([2H])c([2H])c6oc7c([2H])c8c([2H])c([2H])c([2H])c([2H])c8c([2H])c7c6c5[2H])c([2H])c4[2H])c4c([2H])c([2H])c([2H])c([2H])c34)c([2H])c([2H])c([2H])c1C2([2H])[2H]. The zero-order chi connectivity index (χ0) is 58.9. The van der Waals surface area contributed by atoms with Crippen LogP contribution >= 0.6 is 0 Å². The Kier molecular flexibility index (Phi) is 2.38. The van der Waals surface area contributed by atoms with E-state index in [0.29, 0.717) is 0 Å². The minimum absolute atomic E-state index is 0.435. The predicted molar refractivity (Wildman–Crippen MR) is 211 cm³/mol. The third-order valence-electron chi connectivity index (χ3n) is 8.45. The van der Waals surface area contributed by atoms with Gasteiger partial charge in [0.1, 0.15) is 11.2 Å². The molecule has 11 rings (SSSR count). The molecule has 0 N–H and O–H groups in total. The van der Waals surface area contributed by atoms with E-state index in [0.717, 1.165) is 0 Å². The van der Waals surface area contributed by atoms with Crippen molar-refractivity contribution in [2.75, 3.05) is 0 Å². The maximum absolute atomic E-state index is 9.68. The van der Waals surface area contributed by atoms with Gasteiger partial charge in [0.15, 0.2) is 0 Å². The van der Waals surface area contributed by atoms with Crippen LogP contribution in [-0.4, -0.2) is 0 Å². The van der Waals surface area contributed by atoms with Gasteiger partial charge in [-0.2, -0.15) is 0 Å². The Morgan fingerprint density at radius 2 is 0.940 bits per heavy atom. The number of benzene rings is 9. The Morgan fingerprint density at radius 1 is 0.380 bits per heavy atom. The van der Waals surface area contributed by atoms with Gasteiger partial charge < -0.3 is 4.42 Å². The molecule has 10 aromatic rings. The fourth-order valence-corrected chi connectivity index (χ4v) is 6.33. The highest BCUT2D eigenvalue weighted by molar-refractivity contribution is 6.22. The fourth-order valence-electron chi connectivity index (χ4n) is 6.33. The lowest BCUT2D eigenvalue weighted by atomic mass is 9.83. The molecule has 0 amide bonds. The zero-order valence-corrected chi connectivity index (χ0v) is 24.9. The highest BCUT2D eigenvalue weighted by atomic mass is 16.3. The maximum atomic E-state index is 9.68. The Morgan fingerprint density at radius 3 is 1.70 bits per heavy atom. The van der Waals surface area contributed by atoms with E-state index in [4.69, 9.17) is 27.7 Å². The van der Waals surface area contributed by atoms with Crippen LogP contribution in [0, 0.1) is 0 Å². The van der Waals surface area contributed by atoms with Crippen molar-refractivity contribution in [2.24, 2.45) is 0 Å². The van der Waals surface area contributed by atoms with Crippen LogP contribution in [0.4, 0.5) is 0 Å². The van der Waals surface area contributed by atoms with E-state index in [1.807, 2.05) is 0 Å². The minimum Gasteiger partial charge on any atom is -0.456 e. The smallest absolute Gasteiger partial charge is 0.136 e. The monoisotopic (exact) mass is 664 g/mol. The summed E-state index contributed by atoms with van der Waals surface area (Å²) in [5.74, 6) is 0. The predicted octanol–water partition coefficient (Wildman–Crippen LogP) is 13.6. The third-order valence-corrected chi connectivity index (χ3v) is 8.45. The van der Waals surface area contributed by atoms with Gasteiger partial charge in [-0.05, 0) is 118 Å². The highest BCUT2D eigenvalue weighted by Gasteiger charge is 2.24. The summed E-state index contributed by atoms with van der Waals surface area (Å²) in [6.07, 6.45) is -3.05. The summed E-state index contributed by atoms with van der Waals surface area (Å²) in [5.41, 5.74) is -8.86. The molecule has 1 aliphatic rings. The van der Waals surface area contributed by atoms with Crippen LogP contribution < -0.4 is 0 Å². The molecule has 0 saturated carbocycles.